The van der Waals surface area contributed by atoms with Crippen molar-refractivity contribution < 1.29 is 4.92 Å². The summed E-state index contributed by atoms with van der Waals surface area (Å²) in [7, 11) is 0. The van der Waals surface area contributed by atoms with Gasteiger partial charge in [0, 0.05) is 30.4 Å². The Kier molecular flexibility index (Phi) is 5.00. The van der Waals surface area contributed by atoms with Crippen LogP contribution in [0.2, 0.25) is 0 Å². The van der Waals surface area contributed by atoms with Crippen molar-refractivity contribution >= 4 is 5.69 Å². The molecule has 0 saturated heterocycles. The molecule has 0 bridgehead atoms. The van der Waals surface area contributed by atoms with Crippen molar-refractivity contribution in [3.8, 4) is 0 Å². The third-order valence-electron chi connectivity index (χ3n) is 3.47. The van der Waals surface area contributed by atoms with Crippen LogP contribution in [0.5, 0.6) is 0 Å². The van der Waals surface area contributed by atoms with Crippen LogP contribution in [0.4, 0.5) is 5.69 Å². The molecule has 0 aliphatic heterocycles. The van der Waals surface area contributed by atoms with Gasteiger partial charge in [-0.2, -0.15) is 0 Å². The summed E-state index contributed by atoms with van der Waals surface area (Å²) < 4.78 is 0. The molecule has 1 aromatic heterocycles. The number of nitrogens with zero attached hydrogens (tertiary/aromatic N) is 2. The summed E-state index contributed by atoms with van der Waals surface area (Å²) in [5.74, 6) is 0. The van der Waals surface area contributed by atoms with E-state index in [1.54, 1.807) is 18.3 Å². The fourth-order valence-electron chi connectivity index (χ4n) is 2.32. The van der Waals surface area contributed by atoms with Crippen molar-refractivity contribution in [3.63, 3.8) is 0 Å². The van der Waals surface area contributed by atoms with Gasteiger partial charge in [-0.15, -0.1) is 0 Å². The van der Waals surface area contributed by atoms with Crippen LogP contribution in [0.15, 0.2) is 48.7 Å². The number of pyridine rings is 1. The average molecular weight is 285 g/mol. The van der Waals surface area contributed by atoms with Crippen LogP contribution in [0, 0.1) is 10.1 Å². The molecule has 0 spiro atoms. The number of non-ortho nitro benzene ring substituents is 1. The zero-order chi connectivity index (χ0) is 15.2. The summed E-state index contributed by atoms with van der Waals surface area (Å²) in [6.45, 7) is 4.10. The number of nitro benzene ring substituents is 1. The van der Waals surface area contributed by atoms with Crippen LogP contribution in [0.3, 0.4) is 0 Å². The molecule has 0 aliphatic carbocycles. The summed E-state index contributed by atoms with van der Waals surface area (Å²) in [6, 6.07) is 12.7. The Hall–Kier alpha value is -2.27. The lowest BCUT2D eigenvalue weighted by Gasteiger charge is -2.22. The Bertz CT molecular complexity index is 601. The Balaban J connectivity index is 2.16. The topological polar surface area (TPSA) is 68.1 Å². The van der Waals surface area contributed by atoms with Crippen LogP contribution in [0.25, 0.3) is 0 Å². The quantitative estimate of drug-likeness (QED) is 0.647. The maximum Gasteiger partial charge on any atom is 0.269 e. The van der Waals surface area contributed by atoms with Gasteiger partial charge >= 0.3 is 0 Å². The SMILES string of the molecule is CCC(N[C@@H](C)c1ccccn1)c1cccc([N+](=O)[O-])c1. The second kappa shape index (κ2) is 6.95. The molecule has 0 radical (unpaired) electrons. The van der Waals surface area contributed by atoms with Crippen molar-refractivity contribution in [2.75, 3.05) is 0 Å². The van der Waals surface area contributed by atoms with Gasteiger partial charge in [-0.25, -0.2) is 0 Å². The van der Waals surface area contributed by atoms with E-state index >= 15 is 0 Å². The van der Waals surface area contributed by atoms with Crippen LogP contribution in [-0.2, 0) is 0 Å². The highest BCUT2D eigenvalue weighted by atomic mass is 16.6. The standard InChI is InChI=1S/C16H19N3O2/c1-3-15(13-7-6-8-14(11-13)19(20)21)18-12(2)16-9-4-5-10-17-16/h4-12,15,18H,3H2,1-2H3/t12-,15?/m0/s1. The predicted octanol–water partition coefficient (Wildman–Crippen LogP) is 3.79. The van der Waals surface area contributed by atoms with Gasteiger partial charge in [-0.05, 0) is 31.0 Å². The van der Waals surface area contributed by atoms with E-state index in [2.05, 4.69) is 17.2 Å². The van der Waals surface area contributed by atoms with Gasteiger partial charge in [0.2, 0.25) is 0 Å². The molecule has 1 N–H and O–H groups in total. The lowest BCUT2D eigenvalue weighted by Crippen LogP contribution is -2.24. The van der Waals surface area contributed by atoms with Crippen LogP contribution in [0.1, 0.15) is 43.6 Å². The minimum Gasteiger partial charge on any atom is -0.302 e. The smallest absolute Gasteiger partial charge is 0.269 e. The fourth-order valence-corrected chi connectivity index (χ4v) is 2.32. The number of nitrogens with one attached hydrogen (secondary N) is 1. The molecule has 1 heterocycles. The van der Waals surface area contributed by atoms with Crippen molar-refractivity contribution in [1.29, 1.82) is 0 Å². The van der Waals surface area contributed by atoms with Crippen LogP contribution < -0.4 is 5.32 Å². The van der Waals surface area contributed by atoms with Gasteiger partial charge in [-0.3, -0.25) is 15.1 Å². The van der Waals surface area contributed by atoms with Crippen molar-refractivity contribution in [3.05, 3.63) is 70.0 Å². The highest BCUT2D eigenvalue weighted by Gasteiger charge is 2.16. The molecule has 1 aromatic carbocycles. The van der Waals surface area contributed by atoms with Gasteiger partial charge in [0.25, 0.3) is 5.69 Å². The normalized spacial score (nSPS) is 13.6. The monoisotopic (exact) mass is 285 g/mol. The zero-order valence-electron chi connectivity index (χ0n) is 12.2. The number of hydrogen-bond donors (Lipinski definition) is 1. The number of nitro groups is 1. The highest BCUT2D eigenvalue weighted by Crippen LogP contribution is 2.24. The summed E-state index contributed by atoms with van der Waals surface area (Å²) in [6.07, 6.45) is 2.61. The zero-order valence-corrected chi connectivity index (χ0v) is 12.2. The molecular formula is C16H19N3O2. The second-order valence-corrected chi connectivity index (χ2v) is 4.96. The summed E-state index contributed by atoms with van der Waals surface area (Å²) in [5, 5.41) is 14.4. The van der Waals surface area contributed by atoms with Crippen molar-refractivity contribution in [2.45, 2.75) is 32.4 Å². The second-order valence-electron chi connectivity index (χ2n) is 4.96. The Morgan fingerprint density at radius 2 is 2.10 bits per heavy atom. The van der Waals surface area contributed by atoms with Gasteiger partial charge < -0.3 is 5.32 Å². The highest BCUT2D eigenvalue weighted by molar-refractivity contribution is 5.36. The first-order chi connectivity index (χ1) is 10.1. The molecule has 2 rings (SSSR count). The maximum absolute atomic E-state index is 10.9. The van der Waals surface area contributed by atoms with Gasteiger partial charge in [0.05, 0.1) is 10.6 Å². The molecule has 2 atom stereocenters. The van der Waals surface area contributed by atoms with E-state index in [4.69, 9.17) is 0 Å². The molecule has 0 amide bonds. The molecule has 5 heteroatoms. The molecule has 0 aliphatic rings. The molecule has 0 saturated carbocycles. The molecule has 21 heavy (non-hydrogen) atoms. The Labute approximate surface area is 124 Å². The average Bonchev–Trinajstić information content (AvgIpc) is 2.53. The molecular weight excluding hydrogens is 266 g/mol. The van der Waals surface area contributed by atoms with E-state index < -0.39 is 0 Å². The van der Waals surface area contributed by atoms with E-state index in [1.165, 1.54) is 6.07 Å². The lowest BCUT2D eigenvalue weighted by atomic mass is 10.0. The maximum atomic E-state index is 10.9. The van der Waals surface area contributed by atoms with Crippen molar-refractivity contribution in [1.82, 2.24) is 10.3 Å². The van der Waals surface area contributed by atoms with Crippen LogP contribution in [-0.4, -0.2) is 9.91 Å². The number of hydrogen-bond acceptors (Lipinski definition) is 4. The van der Waals surface area contributed by atoms with E-state index in [0.717, 1.165) is 17.7 Å². The van der Waals surface area contributed by atoms with Gasteiger partial charge in [0.1, 0.15) is 0 Å². The molecule has 2 aromatic rings. The first kappa shape index (κ1) is 15.1. The van der Waals surface area contributed by atoms with E-state index in [0.29, 0.717) is 0 Å². The van der Waals surface area contributed by atoms with Crippen LogP contribution >= 0.6 is 0 Å². The summed E-state index contributed by atoms with van der Waals surface area (Å²) in [5.41, 5.74) is 2.01. The Morgan fingerprint density at radius 1 is 1.29 bits per heavy atom. The summed E-state index contributed by atoms with van der Waals surface area (Å²) in [4.78, 5) is 14.9. The molecule has 5 nitrogen and oxygen atoms in total. The molecule has 1 unspecified atom stereocenters. The third-order valence-corrected chi connectivity index (χ3v) is 3.47. The van der Waals surface area contributed by atoms with Crippen molar-refractivity contribution in [2.24, 2.45) is 0 Å². The first-order valence-electron chi connectivity index (χ1n) is 7.03. The minimum atomic E-state index is -0.363. The minimum absolute atomic E-state index is 0.0573. The molecule has 110 valence electrons. The summed E-state index contributed by atoms with van der Waals surface area (Å²) >= 11 is 0. The lowest BCUT2D eigenvalue weighted by molar-refractivity contribution is -0.384. The van der Waals surface area contributed by atoms with E-state index in [1.807, 2.05) is 31.2 Å². The van der Waals surface area contributed by atoms with E-state index in [-0.39, 0.29) is 22.7 Å². The fraction of sp³-hybridized carbons (Fsp3) is 0.312. The van der Waals surface area contributed by atoms with E-state index in [9.17, 15) is 10.1 Å². The van der Waals surface area contributed by atoms with Gasteiger partial charge in [-0.1, -0.05) is 25.1 Å². The Morgan fingerprint density at radius 3 is 2.71 bits per heavy atom. The number of rotatable bonds is 6. The molecule has 0 fully saturated rings. The predicted molar refractivity (Wildman–Crippen MR) is 81.9 cm³/mol. The number of benzene rings is 1. The first-order valence-corrected chi connectivity index (χ1v) is 7.03. The largest absolute Gasteiger partial charge is 0.302 e. The number of aromatic nitrogens is 1. The third kappa shape index (κ3) is 3.86. The van der Waals surface area contributed by atoms with Gasteiger partial charge in [0.15, 0.2) is 0 Å².